The molecule has 0 aliphatic carbocycles. The summed E-state index contributed by atoms with van der Waals surface area (Å²) >= 11 is 0. The Morgan fingerprint density at radius 3 is 2.48 bits per heavy atom. The zero-order chi connectivity index (χ0) is 14.8. The van der Waals surface area contributed by atoms with E-state index in [9.17, 15) is 0 Å². The molecule has 3 rings (SSSR count). The molecule has 0 unspecified atom stereocenters. The van der Waals surface area contributed by atoms with Crippen molar-refractivity contribution in [1.82, 2.24) is 4.90 Å². The van der Waals surface area contributed by atoms with E-state index in [1.54, 1.807) is 7.11 Å². The van der Waals surface area contributed by atoms with Crippen LogP contribution in [-0.2, 0) is 6.54 Å². The van der Waals surface area contributed by atoms with Crippen LogP contribution in [-0.4, -0.2) is 25.1 Å². The predicted molar refractivity (Wildman–Crippen MR) is 86.9 cm³/mol. The van der Waals surface area contributed by atoms with E-state index in [4.69, 9.17) is 9.15 Å². The van der Waals surface area contributed by atoms with Crippen LogP contribution < -0.4 is 4.74 Å². The number of furan rings is 1. The first-order chi connectivity index (χ1) is 10.3. The molecule has 3 aromatic rings. The van der Waals surface area contributed by atoms with Gasteiger partial charge in [-0.3, -0.25) is 4.90 Å². The summed E-state index contributed by atoms with van der Waals surface area (Å²) in [6.07, 6.45) is 0. The van der Waals surface area contributed by atoms with E-state index in [1.165, 1.54) is 0 Å². The summed E-state index contributed by atoms with van der Waals surface area (Å²) in [7, 11) is 1.72. The first-order valence-electron chi connectivity index (χ1n) is 7.48. The van der Waals surface area contributed by atoms with Crippen LogP contribution in [0.2, 0.25) is 0 Å². The van der Waals surface area contributed by atoms with Gasteiger partial charge in [-0.05, 0) is 31.3 Å². The van der Waals surface area contributed by atoms with Crippen LogP contribution in [0, 0.1) is 0 Å². The van der Waals surface area contributed by atoms with Crippen molar-refractivity contribution in [3.63, 3.8) is 0 Å². The summed E-state index contributed by atoms with van der Waals surface area (Å²) < 4.78 is 11.7. The fourth-order valence-electron chi connectivity index (χ4n) is 2.84. The maximum atomic E-state index is 6.11. The van der Waals surface area contributed by atoms with Crippen molar-refractivity contribution < 1.29 is 9.15 Å². The molecule has 0 bridgehead atoms. The maximum absolute atomic E-state index is 6.11. The number of nitrogens with zero attached hydrogens (tertiary/aromatic N) is 1. The van der Waals surface area contributed by atoms with E-state index in [0.717, 1.165) is 52.9 Å². The summed E-state index contributed by atoms with van der Waals surface area (Å²) in [5.41, 5.74) is 3.01. The highest BCUT2D eigenvalue weighted by molar-refractivity contribution is 6.06. The molecule has 3 nitrogen and oxygen atoms in total. The van der Waals surface area contributed by atoms with Crippen LogP contribution in [0.4, 0.5) is 0 Å². The van der Waals surface area contributed by atoms with Gasteiger partial charge in [0, 0.05) is 17.3 Å². The van der Waals surface area contributed by atoms with Gasteiger partial charge in [-0.25, -0.2) is 0 Å². The van der Waals surface area contributed by atoms with E-state index in [1.807, 2.05) is 24.3 Å². The van der Waals surface area contributed by atoms with Gasteiger partial charge in [-0.15, -0.1) is 0 Å². The predicted octanol–water partition coefficient (Wildman–Crippen LogP) is 4.44. The standard InChI is InChI=1S/C18H21NO2/c1-4-19(5-2)12-15-16(20-3)11-10-14-13-8-6-7-9-17(13)21-18(14)15/h6-11H,4-5,12H2,1-3H3. The Balaban J connectivity index is 2.23. The Labute approximate surface area is 125 Å². The Hall–Kier alpha value is -2.00. The van der Waals surface area contributed by atoms with Gasteiger partial charge in [0.05, 0.1) is 12.7 Å². The van der Waals surface area contributed by atoms with Gasteiger partial charge in [0.2, 0.25) is 0 Å². The number of para-hydroxylation sites is 1. The third kappa shape index (κ3) is 2.38. The smallest absolute Gasteiger partial charge is 0.143 e. The summed E-state index contributed by atoms with van der Waals surface area (Å²) in [6.45, 7) is 7.21. The molecule has 0 amide bonds. The summed E-state index contributed by atoms with van der Waals surface area (Å²) in [5, 5.41) is 2.32. The van der Waals surface area contributed by atoms with Gasteiger partial charge in [0.25, 0.3) is 0 Å². The number of rotatable bonds is 5. The Morgan fingerprint density at radius 1 is 1.00 bits per heavy atom. The molecule has 0 fully saturated rings. The molecule has 1 heterocycles. The van der Waals surface area contributed by atoms with Crippen molar-refractivity contribution >= 4 is 21.9 Å². The lowest BCUT2D eigenvalue weighted by Crippen LogP contribution is -2.22. The Kier molecular flexibility index (Phi) is 3.84. The van der Waals surface area contributed by atoms with Crippen molar-refractivity contribution in [3.8, 4) is 5.75 Å². The lowest BCUT2D eigenvalue weighted by atomic mass is 10.1. The topological polar surface area (TPSA) is 25.6 Å². The minimum absolute atomic E-state index is 0.841. The second kappa shape index (κ2) is 5.78. The van der Waals surface area contributed by atoms with Gasteiger partial charge < -0.3 is 9.15 Å². The second-order valence-electron chi connectivity index (χ2n) is 5.18. The van der Waals surface area contributed by atoms with Gasteiger partial charge >= 0.3 is 0 Å². The van der Waals surface area contributed by atoms with Crippen LogP contribution in [0.5, 0.6) is 5.75 Å². The summed E-state index contributed by atoms with van der Waals surface area (Å²) in [4.78, 5) is 2.37. The molecule has 0 spiro atoms. The van der Waals surface area contributed by atoms with E-state index < -0.39 is 0 Å². The molecule has 0 radical (unpaired) electrons. The molecule has 2 aromatic carbocycles. The molecule has 3 heteroatoms. The number of methoxy groups -OCH3 is 1. The molecule has 0 saturated carbocycles. The first-order valence-corrected chi connectivity index (χ1v) is 7.48. The molecule has 110 valence electrons. The molecule has 0 N–H and O–H groups in total. The molecular weight excluding hydrogens is 262 g/mol. The molecule has 0 aliphatic rings. The van der Waals surface area contributed by atoms with Gasteiger partial charge in [-0.1, -0.05) is 32.0 Å². The van der Waals surface area contributed by atoms with Gasteiger partial charge in [0.1, 0.15) is 16.9 Å². The van der Waals surface area contributed by atoms with Crippen LogP contribution in [0.25, 0.3) is 21.9 Å². The van der Waals surface area contributed by atoms with Crippen LogP contribution >= 0.6 is 0 Å². The number of hydrogen-bond acceptors (Lipinski definition) is 3. The lowest BCUT2D eigenvalue weighted by Gasteiger charge is -2.19. The number of fused-ring (bicyclic) bond motifs is 3. The fourth-order valence-corrected chi connectivity index (χ4v) is 2.84. The van der Waals surface area contributed by atoms with E-state index in [2.05, 4.69) is 30.9 Å². The van der Waals surface area contributed by atoms with Crippen molar-refractivity contribution in [3.05, 3.63) is 42.0 Å². The molecule has 21 heavy (non-hydrogen) atoms. The van der Waals surface area contributed by atoms with Gasteiger partial charge in [0.15, 0.2) is 0 Å². The van der Waals surface area contributed by atoms with Crippen molar-refractivity contribution in [2.75, 3.05) is 20.2 Å². The van der Waals surface area contributed by atoms with Crippen molar-refractivity contribution in [1.29, 1.82) is 0 Å². The van der Waals surface area contributed by atoms with Crippen molar-refractivity contribution in [2.45, 2.75) is 20.4 Å². The largest absolute Gasteiger partial charge is 0.496 e. The van der Waals surface area contributed by atoms with E-state index in [-0.39, 0.29) is 0 Å². The molecule has 0 aliphatic heterocycles. The minimum atomic E-state index is 0.841. The summed E-state index contributed by atoms with van der Waals surface area (Å²) in [5.74, 6) is 0.897. The monoisotopic (exact) mass is 283 g/mol. The third-order valence-electron chi connectivity index (χ3n) is 4.10. The highest BCUT2D eigenvalue weighted by Gasteiger charge is 2.16. The zero-order valence-electron chi connectivity index (χ0n) is 12.8. The quantitative estimate of drug-likeness (QED) is 0.692. The SMILES string of the molecule is CCN(CC)Cc1c(OC)ccc2c1oc1ccccc12. The highest BCUT2D eigenvalue weighted by Crippen LogP contribution is 2.35. The fraction of sp³-hybridized carbons (Fsp3) is 0.333. The number of benzene rings is 2. The maximum Gasteiger partial charge on any atom is 0.143 e. The molecule has 0 saturated heterocycles. The van der Waals surface area contributed by atoms with E-state index >= 15 is 0 Å². The highest BCUT2D eigenvalue weighted by atomic mass is 16.5. The number of hydrogen-bond donors (Lipinski definition) is 0. The molecule has 0 atom stereocenters. The first kappa shape index (κ1) is 14.0. The average Bonchev–Trinajstić information content (AvgIpc) is 2.91. The Morgan fingerprint density at radius 2 is 1.76 bits per heavy atom. The average molecular weight is 283 g/mol. The van der Waals surface area contributed by atoms with Crippen LogP contribution in [0.15, 0.2) is 40.8 Å². The third-order valence-corrected chi connectivity index (χ3v) is 4.10. The Bertz CT molecular complexity index is 756. The molecule has 1 aromatic heterocycles. The van der Waals surface area contributed by atoms with Crippen LogP contribution in [0.1, 0.15) is 19.4 Å². The lowest BCUT2D eigenvalue weighted by molar-refractivity contribution is 0.289. The zero-order valence-corrected chi connectivity index (χ0v) is 12.8. The number of ether oxygens (including phenoxy) is 1. The normalized spacial score (nSPS) is 11.6. The summed E-state index contributed by atoms with van der Waals surface area (Å²) in [6, 6.07) is 12.3. The van der Waals surface area contributed by atoms with Crippen molar-refractivity contribution in [2.24, 2.45) is 0 Å². The second-order valence-corrected chi connectivity index (χ2v) is 5.18. The molecular formula is C18H21NO2. The van der Waals surface area contributed by atoms with E-state index in [0.29, 0.717) is 0 Å². The minimum Gasteiger partial charge on any atom is -0.496 e. The van der Waals surface area contributed by atoms with Gasteiger partial charge in [-0.2, -0.15) is 0 Å². The van der Waals surface area contributed by atoms with Crippen LogP contribution in [0.3, 0.4) is 0 Å².